The molecule has 1 aromatic heterocycles. The first kappa shape index (κ1) is 16.0. The molecule has 1 heterocycles. The van der Waals surface area contributed by atoms with Gasteiger partial charge in [0.25, 0.3) is 0 Å². The van der Waals surface area contributed by atoms with Crippen molar-refractivity contribution in [2.24, 2.45) is 0 Å². The van der Waals surface area contributed by atoms with Crippen molar-refractivity contribution in [3.8, 4) is 11.3 Å². The van der Waals surface area contributed by atoms with Gasteiger partial charge in [-0.15, -0.1) is 11.6 Å². The van der Waals surface area contributed by atoms with Gasteiger partial charge in [0.1, 0.15) is 0 Å². The Morgan fingerprint density at radius 3 is 2.52 bits per heavy atom. The Morgan fingerprint density at radius 2 is 1.80 bits per heavy atom. The second-order valence-corrected chi connectivity index (χ2v) is 6.79. The Labute approximate surface area is 153 Å². The van der Waals surface area contributed by atoms with E-state index in [0.717, 1.165) is 53.1 Å². The zero-order valence-electron chi connectivity index (χ0n) is 13.9. The number of halogens is 1. The van der Waals surface area contributed by atoms with Crippen LogP contribution in [0.2, 0.25) is 0 Å². The molecule has 1 aromatic carbocycles. The summed E-state index contributed by atoms with van der Waals surface area (Å²) in [5.74, 6) is 0. The van der Waals surface area contributed by atoms with Crippen molar-refractivity contribution in [1.82, 2.24) is 9.97 Å². The van der Waals surface area contributed by atoms with Crippen LogP contribution >= 0.6 is 11.6 Å². The van der Waals surface area contributed by atoms with Gasteiger partial charge >= 0.3 is 0 Å². The van der Waals surface area contributed by atoms with Crippen molar-refractivity contribution in [1.29, 1.82) is 0 Å². The van der Waals surface area contributed by atoms with Gasteiger partial charge in [-0.2, -0.15) is 0 Å². The summed E-state index contributed by atoms with van der Waals surface area (Å²) in [5, 5.41) is 0.0714. The zero-order valence-corrected chi connectivity index (χ0v) is 14.7. The molecule has 2 aliphatic carbocycles. The van der Waals surface area contributed by atoms with E-state index in [4.69, 9.17) is 21.6 Å². The van der Waals surface area contributed by atoms with Gasteiger partial charge in [0, 0.05) is 5.56 Å². The number of allylic oxidation sites excluding steroid dienone is 8. The predicted molar refractivity (Wildman–Crippen MR) is 105 cm³/mol. The van der Waals surface area contributed by atoms with Crippen molar-refractivity contribution >= 4 is 22.7 Å². The lowest BCUT2D eigenvalue weighted by Crippen LogP contribution is -2.03. The fourth-order valence-corrected chi connectivity index (χ4v) is 3.27. The molecule has 0 N–H and O–H groups in total. The van der Waals surface area contributed by atoms with Gasteiger partial charge in [0.2, 0.25) is 0 Å². The van der Waals surface area contributed by atoms with Crippen LogP contribution in [0.3, 0.4) is 0 Å². The van der Waals surface area contributed by atoms with Crippen molar-refractivity contribution in [2.75, 3.05) is 0 Å². The lowest BCUT2D eigenvalue weighted by atomic mass is 9.98. The fraction of sp³-hybridized carbons (Fsp3) is 0.182. The molecule has 2 nitrogen and oxygen atoms in total. The minimum Gasteiger partial charge on any atom is -0.252 e. The molecular weight excluding hydrogens is 328 g/mol. The van der Waals surface area contributed by atoms with Crippen LogP contribution in [0, 0.1) is 0 Å². The summed E-state index contributed by atoms with van der Waals surface area (Å²) in [6.07, 6.45) is 17.6. The van der Waals surface area contributed by atoms with Crippen LogP contribution in [-0.2, 0) is 0 Å². The van der Waals surface area contributed by atoms with Crippen LogP contribution in [0.5, 0.6) is 0 Å². The molecule has 2 aromatic rings. The van der Waals surface area contributed by atoms with Crippen LogP contribution in [0.25, 0.3) is 22.4 Å². The molecule has 0 saturated carbocycles. The van der Waals surface area contributed by atoms with Gasteiger partial charge in [0.05, 0.1) is 28.7 Å². The van der Waals surface area contributed by atoms with E-state index < -0.39 is 0 Å². The molecule has 2 aliphatic rings. The van der Waals surface area contributed by atoms with E-state index >= 15 is 0 Å². The van der Waals surface area contributed by atoms with E-state index in [-0.39, 0.29) is 5.38 Å². The van der Waals surface area contributed by atoms with Crippen LogP contribution < -0.4 is 0 Å². The standard InChI is InChI=1S/C22H19ClN2/c23-19-13-11-16(12-14-19)20-15-24-21(17-7-3-1-4-8-17)22(25-20)18-9-5-2-6-10-18/h2-3,5-13,15,19H,1,4,14H2/t19-/m0/s1. The monoisotopic (exact) mass is 346 g/mol. The Bertz CT molecular complexity index is 891. The molecule has 0 radical (unpaired) electrons. The summed E-state index contributed by atoms with van der Waals surface area (Å²) in [6, 6.07) is 10.3. The average molecular weight is 347 g/mol. The van der Waals surface area contributed by atoms with E-state index in [1.165, 1.54) is 0 Å². The molecule has 3 heteroatoms. The van der Waals surface area contributed by atoms with Gasteiger partial charge in [0.15, 0.2) is 0 Å². The Hall–Kier alpha value is -2.45. The highest BCUT2D eigenvalue weighted by atomic mass is 35.5. The first-order valence-corrected chi connectivity index (χ1v) is 9.07. The summed E-state index contributed by atoms with van der Waals surface area (Å²) >= 11 is 6.14. The largest absolute Gasteiger partial charge is 0.252 e. The number of nitrogens with zero attached hydrogens (tertiary/aromatic N) is 2. The smallest absolute Gasteiger partial charge is 0.0972 e. The molecule has 4 rings (SSSR count). The summed E-state index contributed by atoms with van der Waals surface area (Å²) in [7, 11) is 0. The fourth-order valence-electron chi connectivity index (χ4n) is 3.11. The third kappa shape index (κ3) is 3.49. The van der Waals surface area contributed by atoms with Gasteiger partial charge in [-0.3, -0.25) is 4.98 Å². The Kier molecular flexibility index (Phi) is 4.62. The first-order valence-electron chi connectivity index (χ1n) is 8.63. The van der Waals surface area contributed by atoms with Crippen molar-refractivity contribution in [2.45, 2.75) is 24.6 Å². The van der Waals surface area contributed by atoms with Gasteiger partial charge < -0.3 is 0 Å². The van der Waals surface area contributed by atoms with Gasteiger partial charge in [-0.25, -0.2) is 4.98 Å². The lowest BCUT2D eigenvalue weighted by Gasteiger charge is -2.15. The van der Waals surface area contributed by atoms with Crippen LogP contribution in [-0.4, -0.2) is 15.3 Å². The van der Waals surface area contributed by atoms with Gasteiger partial charge in [-0.05, 0) is 30.4 Å². The van der Waals surface area contributed by atoms with Crippen LogP contribution in [0.15, 0.2) is 73.0 Å². The zero-order chi connectivity index (χ0) is 17.1. The summed E-state index contributed by atoms with van der Waals surface area (Å²) < 4.78 is 0. The molecule has 0 bridgehead atoms. The highest BCUT2D eigenvalue weighted by molar-refractivity contribution is 6.22. The first-order chi connectivity index (χ1) is 12.3. The molecule has 0 fully saturated rings. The molecule has 25 heavy (non-hydrogen) atoms. The molecular formula is C22H19ClN2. The highest BCUT2D eigenvalue weighted by Crippen LogP contribution is 2.31. The highest BCUT2D eigenvalue weighted by Gasteiger charge is 2.16. The SMILES string of the molecule is Cl[C@H]1C=CC(c2cnc(C3=CCCC=C3)c(-c3ccccc3)n2)=CC1. The molecule has 0 amide bonds. The quantitative estimate of drug-likeness (QED) is 0.653. The number of benzene rings is 1. The maximum Gasteiger partial charge on any atom is 0.0972 e. The Morgan fingerprint density at radius 1 is 0.920 bits per heavy atom. The third-order valence-electron chi connectivity index (χ3n) is 4.43. The molecule has 0 unspecified atom stereocenters. The van der Waals surface area contributed by atoms with Gasteiger partial charge in [-0.1, -0.05) is 66.8 Å². The van der Waals surface area contributed by atoms with Crippen molar-refractivity contribution < 1.29 is 0 Å². The maximum absolute atomic E-state index is 6.14. The minimum absolute atomic E-state index is 0.0714. The number of hydrogen-bond donors (Lipinski definition) is 0. The lowest BCUT2D eigenvalue weighted by molar-refractivity contribution is 1.03. The molecule has 0 spiro atoms. The summed E-state index contributed by atoms with van der Waals surface area (Å²) in [4.78, 5) is 9.75. The molecule has 1 atom stereocenters. The topological polar surface area (TPSA) is 25.8 Å². The number of hydrogen-bond acceptors (Lipinski definition) is 2. The van der Waals surface area contributed by atoms with Crippen LogP contribution in [0.1, 0.15) is 30.7 Å². The van der Waals surface area contributed by atoms with E-state index in [2.05, 4.69) is 36.4 Å². The second kappa shape index (κ2) is 7.20. The van der Waals surface area contributed by atoms with E-state index in [1.807, 2.05) is 36.5 Å². The number of alkyl halides is 1. The second-order valence-electron chi connectivity index (χ2n) is 6.23. The Balaban J connectivity index is 1.82. The summed E-state index contributed by atoms with van der Waals surface area (Å²) in [6.45, 7) is 0. The average Bonchev–Trinajstić information content (AvgIpc) is 2.69. The molecule has 0 saturated heterocycles. The predicted octanol–water partition coefficient (Wildman–Crippen LogP) is 5.83. The van der Waals surface area contributed by atoms with Crippen molar-refractivity contribution in [3.05, 3.63) is 84.4 Å². The molecule has 124 valence electrons. The van der Waals surface area contributed by atoms with E-state index in [0.29, 0.717) is 0 Å². The van der Waals surface area contributed by atoms with E-state index in [9.17, 15) is 0 Å². The summed E-state index contributed by atoms with van der Waals surface area (Å²) in [5.41, 5.74) is 6.09. The molecule has 0 aliphatic heterocycles. The number of aromatic nitrogens is 2. The van der Waals surface area contributed by atoms with Crippen molar-refractivity contribution in [3.63, 3.8) is 0 Å². The number of rotatable bonds is 3. The minimum atomic E-state index is 0.0714. The van der Waals surface area contributed by atoms with Crippen LogP contribution in [0.4, 0.5) is 0 Å². The maximum atomic E-state index is 6.14. The van der Waals surface area contributed by atoms with E-state index in [1.54, 1.807) is 0 Å². The third-order valence-corrected chi connectivity index (χ3v) is 4.76. The normalized spacial score (nSPS) is 19.5.